The van der Waals surface area contributed by atoms with E-state index < -0.39 is 46.4 Å². The van der Waals surface area contributed by atoms with Crippen LogP contribution in [0.25, 0.3) is 0 Å². The van der Waals surface area contributed by atoms with E-state index in [1.165, 1.54) is 21.7 Å². The fraction of sp³-hybridized carbons (Fsp3) is 0.350. The minimum absolute atomic E-state index is 0.0300. The first kappa shape index (κ1) is 20.0. The SMILES string of the molecule is CC1CCO[C@H]2Cn3cc(C(=O)NCc4ccc(F)cc4F)c(=O)c(O)c3C(=O)N12. The first-order valence-electron chi connectivity index (χ1n) is 9.40. The topological polar surface area (TPSA) is 101 Å². The molecule has 1 unspecified atom stereocenters. The van der Waals surface area contributed by atoms with Crippen molar-refractivity contribution in [3.63, 3.8) is 0 Å². The molecular formula is C20H19F2N3O5. The van der Waals surface area contributed by atoms with Crippen LogP contribution in [0.15, 0.2) is 29.2 Å². The predicted molar refractivity (Wildman–Crippen MR) is 99.9 cm³/mol. The summed E-state index contributed by atoms with van der Waals surface area (Å²) in [6.45, 7) is 2.18. The Morgan fingerprint density at radius 3 is 2.83 bits per heavy atom. The summed E-state index contributed by atoms with van der Waals surface area (Å²) in [5.74, 6) is -3.82. The number of nitrogens with zero attached hydrogens (tertiary/aromatic N) is 2. The number of aromatic nitrogens is 1. The lowest BCUT2D eigenvalue weighted by Crippen LogP contribution is -2.57. The Balaban J connectivity index is 1.63. The molecule has 0 aliphatic carbocycles. The van der Waals surface area contributed by atoms with E-state index in [9.17, 15) is 28.3 Å². The molecule has 2 aliphatic rings. The highest BCUT2D eigenvalue weighted by atomic mass is 19.1. The number of rotatable bonds is 3. The normalized spacial score (nSPS) is 20.5. The number of halogens is 2. The lowest BCUT2D eigenvalue weighted by Gasteiger charge is -2.44. The van der Waals surface area contributed by atoms with Gasteiger partial charge in [0.1, 0.15) is 17.2 Å². The molecule has 2 aliphatic heterocycles. The molecule has 4 rings (SSSR count). The maximum absolute atomic E-state index is 13.8. The minimum atomic E-state index is -1.00. The van der Waals surface area contributed by atoms with Gasteiger partial charge in [-0.15, -0.1) is 0 Å². The number of carbonyl (C=O) groups excluding carboxylic acids is 2. The molecular weight excluding hydrogens is 400 g/mol. The van der Waals surface area contributed by atoms with Gasteiger partial charge in [0.2, 0.25) is 5.43 Å². The Hall–Kier alpha value is -3.27. The molecule has 0 bridgehead atoms. The highest BCUT2D eigenvalue weighted by Crippen LogP contribution is 2.29. The zero-order valence-corrected chi connectivity index (χ0v) is 16.0. The van der Waals surface area contributed by atoms with E-state index in [4.69, 9.17) is 4.74 Å². The summed E-state index contributed by atoms with van der Waals surface area (Å²) in [4.78, 5) is 39.4. The van der Waals surface area contributed by atoms with Gasteiger partial charge in [-0.3, -0.25) is 14.4 Å². The van der Waals surface area contributed by atoms with Gasteiger partial charge in [0.05, 0.1) is 13.2 Å². The monoisotopic (exact) mass is 419 g/mol. The van der Waals surface area contributed by atoms with Crippen LogP contribution in [-0.4, -0.2) is 45.3 Å². The zero-order valence-electron chi connectivity index (χ0n) is 16.0. The van der Waals surface area contributed by atoms with E-state index >= 15 is 0 Å². The van der Waals surface area contributed by atoms with E-state index in [-0.39, 0.29) is 30.4 Å². The van der Waals surface area contributed by atoms with Crippen LogP contribution >= 0.6 is 0 Å². The Labute approximate surface area is 169 Å². The predicted octanol–water partition coefficient (Wildman–Crippen LogP) is 1.35. The average molecular weight is 419 g/mol. The highest BCUT2D eigenvalue weighted by Gasteiger charge is 2.41. The van der Waals surface area contributed by atoms with Gasteiger partial charge in [0.25, 0.3) is 11.8 Å². The van der Waals surface area contributed by atoms with Crippen LogP contribution in [-0.2, 0) is 17.8 Å². The maximum Gasteiger partial charge on any atom is 0.276 e. The van der Waals surface area contributed by atoms with Crippen LogP contribution in [0.4, 0.5) is 8.78 Å². The Morgan fingerprint density at radius 2 is 2.10 bits per heavy atom. The smallest absolute Gasteiger partial charge is 0.276 e. The van der Waals surface area contributed by atoms with Gasteiger partial charge in [-0.1, -0.05) is 6.07 Å². The Morgan fingerprint density at radius 1 is 1.33 bits per heavy atom. The molecule has 8 nitrogen and oxygen atoms in total. The van der Waals surface area contributed by atoms with E-state index in [0.717, 1.165) is 6.07 Å². The number of benzene rings is 1. The molecule has 2 atom stereocenters. The van der Waals surface area contributed by atoms with Gasteiger partial charge < -0.3 is 24.6 Å². The fourth-order valence-corrected chi connectivity index (χ4v) is 3.76. The molecule has 1 aromatic heterocycles. The third-order valence-electron chi connectivity index (χ3n) is 5.38. The quantitative estimate of drug-likeness (QED) is 0.782. The number of fused-ring (bicyclic) bond motifs is 2. The zero-order chi connectivity index (χ0) is 21.6. The lowest BCUT2D eigenvalue weighted by molar-refractivity contribution is -0.112. The molecule has 1 fully saturated rings. The van der Waals surface area contributed by atoms with Gasteiger partial charge in [0, 0.05) is 30.4 Å². The number of aromatic hydroxyl groups is 1. The molecule has 3 heterocycles. The van der Waals surface area contributed by atoms with Crippen LogP contribution in [0, 0.1) is 11.6 Å². The van der Waals surface area contributed by atoms with Crippen molar-refractivity contribution in [3.05, 3.63) is 63.1 Å². The number of hydrogen-bond acceptors (Lipinski definition) is 5. The molecule has 10 heteroatoms. The van der Waals surface area contributed by atoms with Crippen molar-refractivity contribution in [2.24, 2.45) is 0 Å². The minimum Gasteiger partial charge on any atom is -0.503 e. The third-order valence-corrected chi connectivity index (χ3v) is 5.38. The Bertz CT molecular complexity index is 1100. The van der Waals surface area contributed by atoms with Crippen LogP contribution < -0.4 is 10.7 Å². The highest BCUT2D eigenvalue weighted by molar-refractivity contribution is 5.99. The molecule has 0 spiro atoms. The molecule has 1 saturated heterocycles. The first-order valence-corrected chi connectivity index (χ1v) is 9.40. The summed E-state index contributed by atoms with van der Waals surface area (Å²) < 4.78 is 33.7. The molecule has 0 radical (unpaired) electrons. The van der Waals surface area contributed by atoms with Gasteiger partial charge in [-0.2, -0.15) is 0 Å². The van der Waals surface area contributed by atoms with Gasteiger partial charge in [-0.25, -0.2) is 8.78 Å². The third kappa shape index (κ3) is 3.32. The van der Waals surface area contributed by atoms with Gasteiger partial charge in [0.15, 0.2) is 17.7 Å². The van der Waals surface area contributed by atoms with E-state index in [1.807, 2.05) is 6.92 Å². The number of ether oxygens (including phenoxy) is 1. The van der Waals surface area contributed by atoms with E-state index in [1.54, 1.807) is 0 Å². The van der Waals surface area contributed by atoms with E-state index in [2.05, 4.69) is 5.32 Å². The molecule has 2 aromatic rings. The molecule has 30 heavy (non-hydrogen) atoms. The Kier molecular flexibility index (Phi) is 5.02. The summed E-state index contributed by atoms with van der Waals surface area (Å²) in [7, 11) is 0. The maximum atomic E-state index is 13.8. The average Bonchev–Trinajstić information content (AvgIpc) is 2.69. The summed E-state index contributed by atoms with van der Waals surface area (Å²) >= 11 is 0. The summed E-state index contributed by atoms with van der Waals surface area (Å²) in [6.07, 6.45) is 1.25. The van der Waals surface area contributed by atoms with Crippen molar-refractivity contribution in [1.82, 2.24) is 14.8 Å². The fourth-order valence-electron chi connectivity index (χ4n) is 3.76. The van der Waals surface area contributed by atoms with Crippen LogP contribution in [0.3, 0.4) is 0 Å². The van der Waals surface area contributed by atoms with Crippen molar-refractivity contribution < 1.29 is 28.2 Å². The number of amides is 2. The van der Waals surface area contributed by atoms with Crippen LogP contribution in [0.1, 0.15) is 39.8 Å². The second kappa shape index (κ2) is 7.52. The largest absolute Gasteiger partial charge is 0.503 e. The first-order chi connectivity index (χ1) is 14.3. The van der Waals surface area contributed by atoms with Crippen LogP contribution in [0.2, 0.25) is 0 Å². The van der Waals surface area contributed by atoms with Crippen molar-refractivity contribution in [1.29, 1.82) is 0 Å². The second-order valence-electron chi connectivity index (χ2n) is 7.32. The number of hydrogen-bond donors (Lipinski definition) is 2. The number of nitrogens with one attached hydrogen (secondary N) is 1. The molecule has 0 saturated carbocycles. The van der Waals surface area contributed by atoms with Crippen molar-refractivity contribution in [2.75, 3.05) is 6.61 Å². The number of carbonyl (C=O) groups is 2. The standard InChI is InChI=1S/C20H19F2N3O5/c1-10-4-5-30-15-9-24-8-13(17(26)18(27)16(24)20(29)25(10)15)19(28)23-7-11-2-3-12(21)6-14(11)22/h2-3,6,8,10,15,27H,4-5,7,9H2,1H3,(H,23,28)/t10?,15-/m0/s1. The van der Waals surface area contributed by atoms with Crippen LogP contribution in [0.5, 0.6) is 5.75 Å². The van der Waals surface area contributed by atoms with Gasteiger partial charge in [-0.05, 0) is 19.4 Å². The van der Waals surface area contributed by atoms with Gasteiger partial charge >= 0.3 is 0 Å². The van der Waals surface area contributed by atoms with E-state index in [0.29, 0.717) is 19.1 Å². The second-order valence-corrected chi connectivity index (χ2v) is 7.32. The molecule has 2 N–H and O–H groups in total. The molecule has 1 aromatic carbocycles. The summed E-state index contributed by atoms with van der Waals surface area (Å²) in [5, 5.41) is 12.7. The lowest BCUT2D eigenvalue weighted by atomic mass is 10.1. The molecule has 158 valence electrons. The number of pyridine rings is 1. The van der Waals surface area contributed by atoms with Crippen molar-refractivity contribution in [2.45, 2.75) is 38.7 Å². The summed E-state index contributed by atoms with van der Waals surface area (Å²) in [6, 6.07) is 2.79. The molecule has 2 amide bonds. The van der Waals surface area contributed by atoms with Crippen molar-refractivity contribution in [3.8, 4) is 5.75 Å². The van der Waals surface area contributed by atoms with Crippen molar-refractivity contribution >= 4 is 11.8 Å². The summed E-state index contributed by atoms with van der Waals surface area (Å²) in [5.41, 5.74) is -1.57.